The van der Waals surface area contributed by atoms with E-state index in [0.717, 1.165) is 12.4 Å². The molecule has 0 spiro atoms. The highest BCUT2D eigenvalue weighted by molar-refractivity contribution is 5.66. The molecule has 1 aliphatic rings. The molecule has 0 aliphatic heterocycles. The maximum Gasteiger partial charge on any atom is 0.119 e. The predicted octanol–water partition coefficient (Wildman–Crippen LogP) is 5.46. The maximum absolute atomic E-state index is 5.49. The lowest BCUT2D eigenvalue weighted by Gasteiger charge is -2.32. The second-order valence-electron chi connectivity index (χ2n) is 5.95. The molecule has 0 N–H and O–H groups in total. The minimum Gasteiger partial charge on any atom is -0.494 e. The monoisotopic (exact) mass is 258 g/mol. The van der Waals surface area contributed by atoms with Gasteiger partial charge in [-0.1, -0.05) is 38.5 Å². The number of benzene rings is 1. The van der Waals surface area contributed by atoms with Gasteiger partial charge in [-0.2, -0.15) is 0 Å². The zero-order valence-corrected chi connectivity index (χ0v) is 12.5. The van der Waals surface area contributed by atoms with Crippen molar-refractivity contribution in [2.75, 3.05) is 6.61 Å². The third-order valence-electron chi connectivity index (χ3n) is 4.23. The molecule has 0 radical (unpaired) electrons. The van der Waals surface area contributed by atoms with Gasteiger partial charge in [0.1, 0.15) is 5.75 Å². The molecule has 1 aromatic carbocycles. The van der Waals surface area contributed by atoms with Gasteiger partial charge in [0.15, 0.2) is 0 Å². The van der Waals surface area contributed by atoms with Gasteiger partial charge in [-0.3, -0.25) is 0 Å². The smallest absolute Gasteiger partial charge is 0.119 e. The molecule has 1 atom stereocenters. The Morgan fingerprint density at radius 2 is 1.89 bits per heavy atom. The van der Waals surface area contributed by atoms with Crippen molar-refractivity contribution < 1.29 is 4.74 Å². The molecular weight excluding hydrogens is 232 g/mol. The summed E-state index contributed by atoms with van der Waals surface area (Å²) in [4.78, 5) is 0. The first-order valence-electron chi connectivity index (χ1n) is 7.59. The van der Waals surface area contributed by atoms with E-state index in [9.17, 15) is 0 Å². The number of hydrogen-bond donors (Lipinski definition) is 0. The predicted molar refractivity (Wildman–Crippen MR) is 82.5 cm³/mol. The fourth-order valence-electron chi connectivity index (χ4n) is 3.03. The second-order valence-corrected chi connectivity index (χ2v) is 5.95. The molecule has 1 unspecified atom stereocenters. The Hall–Kier alpha value is -1.24. The third kappa shape index (κ3) is 3.62. The first kappa shape index (κ1) is 14.2. The Bertz CT molecular complexity index is 430. The molecule has 2 rings (SSSR count). The molecule has 19 heavy (non-hydrogen) atoms. The molecule has 1 nitrogen and oxygen atoms in total. The van der Waals surface area contributed by atoms with E-state index >= 15 is 0 Å². The van der Waals surface area contributed by atoms with Crippen molar-refractivity contribution in [3.63, 3.8) is 0 Å². The van der Waals surface area contributed by atoms with E-state index in [2.05, 4.69) is 44.2 Å². The normalized spacial score (nSPS) is 23.0. The van der Waals surface area contributed by atoms with Crippen LogP contribution in [0.5, 0.6) is 5.75 Å². The summed E-state index contributed by atoms with van der Waals surface area (Å²) in [5, 5.41) is 0. The van der Waals surface area contributed by atoms with E-state index in [-0.39, 0.29) is 0 Å². The van der Waals surface area contributed by atoms with Crippen LogP contribution in [0.25, 0.3) is 5.57 Å². The molecule has 1 aliphatic carbocycles. The Balaban J connectivity index is 2.05. The van der Waals surface area contributed by atoms with Crippen LogP contribution in [0.3, 0.4) is 0 Å². The average Bonchev–Trinajstić information content (AvgIpc) is 2.41. The molecule has 0 aromatic heterocycles. The number of allylic oxidation sites excluding steroid dienone is 2. The summed E-state index contributed by atoms with van der Waals surface area (Å²) in [5.41, 5.74) is 3.40. The molecule has 0 fully saturated rings. The highest BCUT2D eigenvalue weighted by Gasteiger charge is 2.26. The van der Waals surface area contributed by atoms with Crippen molar-refractivity contribution in [3.05, 3.63) is 35.9 Å². The van der Waals surface area contributed by atoms with E-state index in [0.29, 0.717) is 5.41 Å². The molecule has 1 heteroatoms. The molecular formula is C18H26O. The minimum absolute atomic E-state index is 0.531. The fraction of sp³-hybridized carbons (Fsp3) is 0.556. The summed E-state index contributed by atoms with van der Waals surface area (Å²) < 4.78 is 5.49. The molecule has 104 valence electrons. The Labute approximate surface area is 117 Å². The minimum atomic E-state index is 0.531. The number of hydrogen-bond acceptors (Lipinski definition) is 1. The SMILES string of the molecule is CCCC1(C)CC=C(c2ccc(OCC)cc2)CC1. The molecule has 0 amide bonds. The van der Waals surface area contributed by atoms with Crippen LogP contribution in [-0.4, -0.2) is 6.61 Å². The Morgan fingerprint density at radius 1 is 1.16 bits per heavy atom. The Morgan fingerprint density at radius 3 is 2.42 bits per heavy atom. The summed E-state index contributed by atoms with van der Waals surface area (Å²) in [6.45, 7) is 7.47. The van der Waals surface area contributed by atoms with Gasteiger partial charge < -0.3 is 4.74 Å². The maximum atomic E-state index is 5.49. The van der Waals surface area contributed by atoms with Gasteiger partial charge >= 0.3 is 0 Å². The van der Waals surface area contributed by atoms with Gasteiger partial charge in [0, 0.05) is 0 Å². The van der Waals surface area contributed by atoms with E-state index < -0.39 is 0 Å². The largest absolute Gasteiger partial charge is 0.494 e. The molecule has 1 aromatic rings. The topological polar surface area (TPSA) is 9.23 Å². The van der Waals surface area contributed by atoms with Gasteiger partial charge in [0.25, 0.3) is 0 Å². The lowest BCUT2D eigenvalue weighted by molar-refractivity contribution is 0.268. The lowest BCUT2D eigenvalue weighted by Crippen LogP contribution is -2.18. The average molecular weight is 258 g/mol. The number of ether oxygens (including phenoxy) is 1. The summed E-state index contributed by atoms with van der Waals surface area (Å²) in [6.07, 6.45) is 8.85. The lowest BCUT2D eigenvalue weighted by atomic mass is 9.73. The molecule has 0 saturated heterocycles. The van der Waals surface area contributed by atoms with Gasteiger partial charge in [-0.25, -0.2) is 0 Å². The molecule has 0 heterocycles. The molecule has 0 saturated carbocycles. The quantitative estimate of drug-likeness (QED) is 0.681. The third-order valence-corrected chi connectivity index (χ3v) is 4.23. The van der Waals surface area contributed by atoms with Crippen molar-refractivity contribution in [2.24, 2.45) is 5.41 Å². The van der Waals surface area contributed by atoms with Crippen LogP contribution in [0.2, 0.25) is 0 Å². The van der Waals surface area contributed by atoms with Crippen molar-refractivity contribution in [2.45, 2.75) is 52.9 Å². The Kier molecular flexibility index (Phi) is 4.68. The standard InChI is InChI=1S/C18H26O/c1-4-12-18(3)13-10-16(11-14-18)15-6-8-17(9-7-15)19-5-2/h6-10H,4-5,11-14H2,1-3H3. The van der Waals surface area contributed by atoms with Crippen molar-refractivity contribution >= 4 is 5.57 Å². The van der Waals surface area contributed by atoms with E-state index in [1.165, 1.54) is 43.2 Å². The van der Waals surface area contributed by atoms with Crippen LogP contribution in [0.15, 0.2) is 30.3 Å². The highest BCUT2D eigenvalue weighted by Crippen LogP contribution is 2.41. The summed E-state index contributed by atoms with van der Waals surface area (Å²) in [5.74, 6) is 0.971. The van der Waals surface area contributed by atoms with Gasteiger partial charge in [0.05, 0.1) is 6.61 Å². The van der Waals surface area contributed by atoms with Crippen LogP contribution in [0.1, 0.15) is 58.4 Å². The van der Waals surface area contributed by atoms with Crippen LogP contribution in [0, 0.1) is 5.41 Å². The highest BCUT2D eigenvalue weighted by atomic mass is 16.5. The molecule has 0 bridgehead atoms. The van der Waals surface area contributed by atoms with Crippen LogP contribution in [-0.2, 0) is 0 Å². The van der Waals surface area contributed by atoms with Crippen LogP contribution >= 0.6 is 0 Å². The first-order valence-corrected chi connectivity index (χ1v) is 7.59. The summed E-state index contributed by atoms with van der Waals surface area (Å²) >= 11 is 0. The zero-order valence-electron chi connectivity index (χ0n) is 12.5. The van der Waals surface area contributed by atoms with Gasteiger partial charge in [-0.15, -0.1) is 0 Å². The van der Waals surface area contributed by atoms with E-state index in [1.54, 1.807) is 0 Å². The van der Waals surface area contributed by atoms with Gasteiger partial charge in [-0.05, 0) is 61.3 Å². The summed E-state index contributed by atoms with van der Waals surface area (Å²) in [7, 11) is 0. The van der Waals surface area contributed by atoms with E-state index in [1.807, 2.05) is 6.92 Å². The van der Waals surface area contributed by atoms with Crippen molar-refractivity contribution in [1.82, 2.24) is 0 Å². The second kappa shape index (κ2) is 6.27. The van der Waals surface area contributed by atoms with Gasteiger partial charge in [0.2, 0.25) is 0 Å². The first-order chi connectivity index (χ1) is 9.17. The van der Waals surface area contributed by atoms with Crippen LogP contribution in [0.4, 0.5) is 0 Å². The fourth-order valence-corrected chi connectivity index (χ4v) is 3.03. The van der Waals surface area contributed by atoms with Crippen molar-refractivity contribution in [3.8, 4) is 5.75 Å². The summed E-state index contributed by atoms with van der Waals surface area (Å²) in [6, 6.07) is 8.55. The number of rotatable bonds is 5. The van der Waals surface area contributed by atoms with Crippen molar-refractivity contribution in [1.29, 1.82) is 0 Å². The van der Waals surface area contributed by atoms with E-state index in [4.69, 9.17) is 4.74 Å². The zero-order chi connectivity index (χ0) is 13.7. The van der Waals surface area contributed by atoms with Crippen LogP contribution < -0.4 is 4.74 Å².